The number of thiol groups is 1. The molecule has 0 aromatic heterocycles. The molecule has 2 aromatic carbocycles. The number of methoxy groups -OCH3 is 2. The van der Waals surface area contributed by atoms with E-state index in [4.69, 9.17) is 21.7 Å². The molecule has 2 aromatic rings. The second-order valence-electron chi connectivity index (χ2n) is 4.34. The standard InChI is InChI=1S/C14H15O2P2S3/c1-15-11-3-7-13(8-4-11)17-20-18(19,21-17)14-9-5-12(16-2)6-10-14/h3-10,19H,1-2H3. The van der Waals surface area contributed by atoms with Crippen LogP contribution in [0.5, 0.6) is 11.5 Å². The molecule has 1 aliphatic rings. The van der Waals surface area contributed by atoms with E-state index < -0.39 is 4.87 Å². The fraction of sp³-hybridized carbons (Fsp3) is 0.143. The molecule has 0 spiro atoms. The quantitative estimate of drug-likeness (QED) is 0.591. The molecule has 0 bridgehead atoms. The van der Waals surface area contributed by atoms with Gasteiger partial charge in [0.2, 0.25) is 0 Å². The molecule has 1 fully saturated rings. The van der Waals surface area contributed by atoms with Crippen molar-refractivity contribution in [3.63, 3.8) is 0 Å². The maximum atomic E-state index is 5.21. The van der Waals surface area contributed by atoms with Gasteiger partial charge in [0, 0.05) is 5.30 Å². The Labute approximate surface area is 139 Å². The molecule has 3 rings (SSSR count). The van der Waals surface area contributed by atoms with Crippen molar-refractivity contribution in [2.45, 2.75) is 0 Å². The van der Waals surface area contributed by atoms with E-state index in [0.717, 1.165) is 11.5 Å². The minimum Gasteiger partial charge on any atom is -0.497 e. The first-order chi connectivity index (χ1) is 10.1. The van der Waals surface area contributed by atoms with Crippen molar-refractivity contribution >= 4 is 56.1 Å². The molecule has 2 nitrogen and oxygen atoms in total. The first-order valence-corrected chi connectivity index (χ1v) is 14.6. The van der Waals surface area contributed by atoms with Gasteiger partial charge in [0.1, 0.15) is 11.5 Å². The molecular formula is C14H15O2P2S3. The van der Waals surface area contributed by atoms with Gasteiger partial charge in [-0.3, -0.25) is 0 Å². The van der Waals surface area contributed by atoms with Crippen LogP contribution >= 0.6 is 45.4 Å². The fourth-order valence-electron chi connectivity index (χ4n) is 1.87. The lowest BCUT2D eigenvalue weighted by atomic mass is 10.3. The van der Waals surface area contributed by atoms with Crippen LogP contribution in [0.3, 0.4) is 0 Å². The van der Waals surface area contributed by atoms with E-state index in [-0.39, 0.29) is 6.33 Å². The fourth-order valence-corrected chi connectivity index (χ4v) is 28.7. The van der Waals surface area contributed by atoms with E-state index in [2.05, 4.69) is 24.3 Å². The van der Waals surface area contributed by atoms with E-state index >= 15 is 0 Å². The molecule has 0 N–H and O–H groups in total. The Hall–Kier alpha value is -0.0500. The summed E-state index contributed by atoms with van der Waals surface area (Å²) in [6.45, 7) is 0. The summed E-state index contributed by atoms with van der Waals surface area (Å²) in [5, 5.41) is 2.72. The van der Waals surface area contributed by atoms with Gasteiger partial charge < -0.3 is 9.47 Å². The van der Waals surface area contributed by atoms with Gasteiger partial charge in [-0.1, -0.05) is 22.0 Å². The number of benzene rings is 2. The third-order valence-corrected chi connectivity index (χ3v) is 28.7. The normalized spacial score (nSPS) is 24.2. The van der Waals surface area contributed by atoms with Crippen molar-refractivity contribution in [1.82, 2.24) is 0 Å². The Kier molecular flexibility index (Phi) is 4.97. The molecule has 1 radical (unpaired) electrons. The highest BCUT2D eigenvalue weighted by Gasteiger charge is 2.44. The highest BCUT2D eigenvalue weighted by atomic mass is 33.7. The van der Waals surface area contributed by atoms with Gasteiger partial charge in [-0.15, -0.1) is 12.2 Å². The van der Waals surface area contributed by atoms with E-state index in [1.807, 2.05) is 46.3 Å². The second-order valence-corrected chi connectivity index (χ2v) is 21.5. The van der Waals surface area contributed by atoms with Crippen molar-refractivity contribution in [2.24, 2.45) is 0 Å². The highest BCUT2D eigenvalue weighted by Crippen LogP contribution is 3.07. The van der Waals surface area contributed by atoms with Crippen molar-refractivity contribution in [3.05, 3.63) is 48.5 Å². The molecule has 1 saturated heterocycles. The Morgan fingerprint density at radius 2 is 1.33 bits per heavy atom. The summed E-state index contributed by atoms with van der Waals surface area (Å²) in [7, 11) is 3.39. The maximum absolute atomic E-state index is 5.21. The smallest absolute Gasteiger partial charge is 0.118 e. The van der Waals surface area contributed by atoms with Crippen LogP contribution in [0.2, 0.25) is 0 Å². The summed E-state index contributed by atoms with van der Waals surface area (Å²) in [5.74, 6) is 1.80. The van der Waals surface area contributed by atoms with Crippen LogP contribution in [0.1, 0.15) is 0 Å². The summed E-state index contributed by atoms with van der Waals surface area (Å²) in [6.07, 6.45) is -0.214. The third-order valence-electron chi connectivity index (χ3n) is 3.05. The third kappa shape index (κ3) is 3.33. The van der Waals surface area contributed by atoms with Gasteiger partial charge in [0.05, 0.1) is 25.4 Å². The molecule has 0 amide bonds. The van der Waals surface area contributed by atoms with Gasteiger partial charge in [-0.05, 0) is 53.8 Å². The summed E-state index contributed by atoms with van der Waals surface area (Å²) < 4.78 is 10.4. The first-order valence-electron chi connectivity index (χ1n) is 6.24. The Bertz CT molecular complexity index is 613. The van der Waals surface area contributed by atoms with Gasteiger partial charge in [-0.25, -0.2) is 0 Å². The van der Waals surface area contributed by atoms with Crippen molar-refractivity contribution in [1.29, 1.82) is 0 Å². The lowest BCUT2D eigenvalue weighted by molar-refractivity contribution is 0.415. The van der Waals surface area contributed by atoms with Crippen LogP contribution in [0.25, 0.3) is 0 Å². The van der Waals surface area contributed by atoms with Crippen molar-refractivity contribution < 1.29 is 9.47 Å². The molecule has 0 unspecified atom stereocenters. The number of hydrogen-bond donors (Lipinski definition) is 1. The van der Waals surface area contributed by atoms with Crippen molar-refractivity contribution in [3.8, 4) is 11.5 Å². The predicted octanol–water partition coefficient (Wildman–Crippen LogP) is 5.14. The zero-order valence-corrected chi connectivity index (χ0v) is 15.9. The average Bonchev–Trinajstić information content (AvgIpc) is 2.52. The van der Waals surface area contributed by atoms with Crippen molar-refractivity contribution in [2.75, 3.05) is 14.2 Å². The first kappa shape index (κ1) is 15.8. The minimum absolute atomic E-state index is 0.214. The largest absolute Gasteiger partial charge is 0.497 e. The molecule has 1 heterocycles. The zero-order valence-electron chi connectivity index (χ0n) is 11.6. The van der Waals surface area contributed by atoms with E-state index in [1.54, 1.807) is 14.2 Å². The molecular weight excluding hydrogens is 358 g/mol. The number of rotatable bonds is 4. The van der Waals surface area contributed by atoms with Crippen LogP contribution in [0.4, 0.5) is 0 Å². The second kappa shape index (κ2) is 6.60. The Morgan fingerprint density at radius 3 is 1.81 bits per heavy atom. The predicted molar refractivity (Wildman–Crippen MR) is 103 cm³/mol. The summed E-state index contributed by atoms with van der Waals surface area (Å²) in [5.41, 5.74) is 0. The Morgan fingerprint density at radius 1 is 0.857 bits per heavy atom. The van der Waals surface area contributed by atoms with Gasteiger partial charge in [0.15, 0.2) is 0 Å². The summed E-state index contributed by atoms with van der Waals surface area (Å²) in [4.78, 5) is -1.40. The monoisotopic (exact) mass is 373 g/mol. The minimum atomic E-state index is -1.40. The van der Waals surface area contributed by atoms with Gasteiger partial charge >= 0.3 is 0 Å². The summed E-state index contributed by atoms with van der Waals surface area (Å²) >= 11 is 9.02. The van der Waals surface area contributed by atoms with Crippen LogP contribution in [0.15, 0.2) is 48.5 Å². The summed E-state index contributed by atoms with van der Waals surface area (Å²) in [6, 6.07) is 16.7. The molecule has 0 aliphatic carbocycles. The van der Waals surface area contributed by atoms with Gasteiger partial charge in [-0.2, -0.15) is 0 Å². The van der Waals surface area contributed by atoms with E-state index in [1.165, 1.54) is 10.6 Å². The topological polar surface area (TPSA) is 18.5 Å². The van der Waals surface area contributed by atoms with E-state index in [9.17, 15) is 0 Å². The van der Waals surface area contributed by atoms with E-state index in [0.29, 0.717) is 0 Å². The lowest BCUT2D eigenvalue weighted by Crippen LogP contribution is -2.08. The van der Waals surface area contributed by atoms with Crippen LogP contribution < -0.4 is 20.1 Å². The number of ether oxygens (including phenoxy) is 2. The Balaban J connectivity index is 1.70. The maximum Gasteiger partial charge on any atom is 0.118 e. The molecule has 0 atom stereocenters. The molecule has 21 heavy (non-hydrogen) atoms. The molecule has 1 aliphatic heterocycles. The van der Waals surface area contributed by atoms with Crippen LogP contribution in [-0.4, -0.2) is 14.2 Å². The highest BCUT2D eigenvalue weighted by molar-refractivity contribution is 9.50. The van der Waals surface area contributed by atoms with Crippen LogP contribution in [-0.2, 0) is 0 Å². The number of hydrogen-bond acceptors (Lipinski definition) is 5. The van der Waals surface area contributed by atoms with Gasteiger partial charge in [0.25, 0.3) is 0 Å². The van der Waals surface area contributed by atoms with Crippen LogP contribution in [0, 0.1) is 0 Å². The average molecular weight is 373 g/mol. The molecule has 111 valence electrons. The zero-order chi connectivity index (χ0) is 14.9. The molecule has 0 saturated carbocycles. The lowest BCUT2D eigenvalue weighted by Gasteiger charge is -2.44. The molecule has 7 heteroatoms. The SMILES string of the molecule is COc1ccc(P2S[P](S)(c3ccc(OC)cc3)S2)cc1.